The van der Waals surface area contributed by atoms with Gasteiger partial charge >= 0.3 is 18.4 Å². The summed E-state index contributed by atoms with van der Waals surface area (Å²) < 4.78 is 76.9. The summed E-state index contributed by atoms with van der Waals surface area (Å²) in [5, 5.41) is 1.79. The molecule has 20 heavy (non-hydrogen) atoms. The van der Waals surface area contributed by atoms with Crippen molar-refractivity contribution in [2.24, 2.45) is 0 Å². The maximum absolute atomic E-state index is 12.6. The van der Waals surface area contributed by atoms with Crippen molar-refractivity contribution in [2.75, 3.05) is 11.9 Å². The first-order chi connectivity index (χ1) is 8.99. The van der Waals surface area contributed by atoms with Gasteiger partial charge in [-0.05, 0) is 24.6 Å². The fourth-order valence-electron chi connectivity index (χ4n) is 1.31. The maximum atomic E-state index is 12.6. The maximum Gasteiger partial charge on any atom is 0.422 e. The van der Waals surface area contributed by atoms with Gasteiger partial charge in [0, 0.05) is 5.69 Å². The van der Waals surface area contributed by atoms with Gasteiger partial charge in [0.1, 0.15) is 0 Å². The van der Waals surface area contributed by atoms with Crippen molar-refractivity contribution in [2.45, 2.75) is 19.3 Å². The fourth-order valence-corrected chi connectivity index (χ4v) is 1.31. The van der Waals surface area contributed by atoms with Crippen LogP contribution in [0.5, 0.6) is 0 Å². The van der Waals surface area contributed by atoms with Crippen LogP contribution >= 0.6 is 0 Å². The summed E-state index contributed by atoms with van der Waals surface area (Å²) in [6.07, 6.45) is -10.8. The molecule has 0 radical (unpaired) electrons. The van der Waals surface area contributed by atoms with E-state index in [0.29, 0.717) is 6.07 Å². The first-order valence-electron chi connectivity index (χ1n) is 5.17. The second kappa shape index (κ2) is 5.59. The molecule has 0 aliphatic carbocycles. The Balaban J connectivity index is 2.77. The first kappa shape index (κ1) is 16.1. The zero-order valence-electron chi connectivity index (χ0n) is 10.0. The van der Waals surface area contributed by atoms with E-state index in [4.69, 9.17) is 0 Å². The third-order valence-electron chi connectivity index (χ3n) is 2.16. The van der Waals surface area contributed by atoms with Crippen LogP contribution < -0.4 is 5.32 Å². The Bertz CT molecular complexity index is 495. The van der Waals surface area contributed by atoms with Crippen LogP contribution in [0, 0.1) is 6.92 Å². The van der Waals surface area contributed by atoms with Crippen LogP contribution in [-0.4, -0.2) is 18.9 Å². The normalized spacial score (nSPS) is 12.2. The SMILES string of the molecule is Cc1ccc(NC(=O)OCC(F)(F)F)cc1C(F)(F)F. The monoisotopic (exact) mass is 301 g/mol. The number of rotatable bonds is 2. The number of alkyl halides is 6. The third-order valence-corrected chi connectivity index (χ3v) is 2.16. The van der Waals surface area contributed by atoms with Crippen LogP contribution in [0.2, 0.25) is 0 Å². The predicted molar refractivity (Wildman–Crippen MR) is 57.2 cm³/mol. The molecule has 0 spiro atoms. The molecule has 0 aliphatic rings. The molecule has 1 rings (SSSR count). The van der Waals surface area contributed by atoms with Gasteiger partial charge in [-0.15, -0.1) is 0 Å². The van der Waals surface area contributed by atoms with Crippen LogP contribution in [0.3, 0.4) is 0 Å². The Hall–Kier alpha value is -1.93. The zero-order chi connectivity index (χ0) is 15.6. The molecule has 0 saturated carbocycles. The second-order valence-electron chi connectivity index (χ2n) is 3.84. The zero-order valence-corrected chi connectivity index (χ0v) is 10.0. The smallest absolute Gasteiger partial charge is 0.422 e. The minimum Gasteiger partial charge on any atom is -0.440 e. The summed E-state index contributed by atoms with van der Waals surface area (Å²) in [5.74, 6) is 0. The van der Waals surface area contributed by atoms with Crippen LogP contribution in [0.25, 0.3) is 0 Å². The number of anilines is 1. The molecule has 3 nitrogen and oxygen atoms in total. The molecule has 0 saturated heterocycles. The lowest BCUT2D eigenvalue weighted by molar-refractivity contribution is -0.159. The summed E-state index contributed by atoms with van der Waals surface area (Å²) in [5.41, 5.74) is -1.38. The molecule has 0 aliphatic heterocycles. The van der Waals surface area contributed by atoms with Crippen molar-refractivity contribution >= 4 is 11.8 Å². The molecule has 0 aromatic heterocycles. The molecule has 112 valence electrons. The molecule has 1 aromatic rings. The minimum absolute atomic E-state index is 0.0771. The lowest BCUT2D eigenvalue weighted by Gasteiger charge is -2.13. The second-order valence-corrected chi connectivity index (χ2v) is 3.84. The highest BCUT2D eigenvalue weighted by atomic mass is 19.4. The number of nitrogens with one attached hydrogen (secondary N) is 1. The largest absolute Gasteiger partial charge is 0.440 e. The number of amides is 1. The highest BCUT2D eigenvalue weighted by molar-refractivity contribution is 5.84. The van der Waals surface area contributed by atoms with Crippen molar-refractivity contribution < 1.29 is 35.9 Å². The predicted octanol–water partition coefficient (Wildman–Crippen LogP) is 4.12. The van der Waals surface area contributed by atoms with Gasteiger partial charge < -0.3 is 4.74 Å². The molecule has 0 fully saturated rings. The molecule has 0 unspecified atom stereocenters. The third kappa shape index (κ3) is 4.98. The number of aryl methyl sites for hydroxylation is 1. The molecular formula is C11H9F6NO2. The lowest BCUT2D eigenvalue weighted by atomic mass is 10.1. The van der Waals surface area contributed by atoms with Gasteiger partial charge in [-0.3, -0.25) is 5.32 Å². The Morgan fingerprint density at radius 1 is 1.20 bits per heavy atom. The summed E-state index contributed by atoms with van der Waals surface area (Å²) in [7, 11) is 0. The van der Waals surface area contributed by atoms with E-state index in [1.807, 2.05) is 0 Å². The average Bonchev–Trinajstić information content (AvgIpc) is 2.27. The molecule has 9 heteroatoms. The van der Waals surface area contributed by atoms with Gasteiger partial charge in [0.2, 0.25) is 0 Å². The van der Waals surface area contributed by atoms with Crippen LogP contribution in [0.15, 0.2) is 18.2 Å². The van der Waals surface area contributed by atoms with Crippen molar-refractivity contribution in [3.63, 3.8) is 0 Å². The number of benzene rings is 1. The number of hydrogen-bond donors (Lipinski definition) is 1. The summed E-state index contributed by atoms with van der Waals surface area (Å²) >= 11 is 0. The summed E-state index contributed by atoms with van der Waals surface area (Å²) in [6.45, 7) is -0.606. The average molecular weight is 301 g/mol. The van der Waals surface area contributed by atoms with Crippen LogP contribution in [0.4, 0.5) is 36.8 Å². The fraction of sp³-hybridized carbons (Fsp3) is 0.364. The molecule has 1 amide bonds. The number of ether oxygens (including phenoxy) is 1. The number of halogens is 6. The van der Waals surface area contributed by atoms with E-state index in [9.17, 15) is 31.1 Å². The van der Waals surface area contributed by atoms with Crippen molar-refractivity contribution in [3.05, 3.63) is 29.3 Å². The van der Waals surface area contributed by atoms with Crippen molar-refractivity contribution in [1.82, 2.24) is 0 Å². The Kier molecular flexibility index (Phi) is 4.51. The van der Waals surface area contributed by atoms with Gasteiger partial charge in [0.15, 0.2) is 6.61 Å². The Morgan fingerprint density at radius 2 is 1.80 bits per heavy atom. The van der Waals surface area contributed by atoms with Gasteiger partial charge in [0.25, 0.3) is 0 Å². The highest BCUT2D eigenvalue weighted by Gasteiger charge is 2.33. The Morgan fingerprint density at radius 3 is 2.30 bits per heavy atom. The van der Waals surface area contributed by atoms with Crippen LogP contribution in [-0.2, 0) is 10.9 Å². The Labute approximate surface area is 109 Å². The molecule has 0 atom stereocenters. The summed E-state index contributed by atoms with van der Waals surface area (Å²) in [6, 6.07) is 2.83. The van der Waals surface area contributed by atoms with Crippen molar-refractivity contribution in [3.8, 4) is 0 Å². The van der Waals surface area contributed by atoms with Gasteiger partial charge in [-0.1, -0.05) is 6.07 Å². The molecule has 1 aromatic carbocycles. The van der Waals surface area contributed by atoms with Gasteiger partial charge in [-0.25, -0.2) is 4.79 Å². The highest BCUT2D eigenvalue weighted by Crippen LogP contribution is 2.33. The number of carbonyl (C=O) groups is 1. The molecule has 0 heterocycles. The molecular weight excluding hydrogens is 292 g/mol. The number of carbonyl (C=O) groups excluding carboxylic acids is 1. The van der Waals surface area contributed by atoms with E-state index in [2.05, 4.69) is 4.74 Å². The first-order valence-corrected chi connectivity index (χ1v) is 5.17. The number of hydrogen-bond acceptors (Lipinski definition) is 2. The lowest BCUT2D eigenvalue weighted by Crippen LogP contribution is -2.23. The molecule has 1 N–H and O–H groups in total. The quantitative estimate of drug-likeness (QED) is 0.834. The standard InChI is InChI=1S/C11H9F6NO2/c1-6-2-3-7(4-8(6)11(15,16)17)18-9(19)20-5-10(12,13)14/h2-4H,5H2,1H3,(H,18,19). The van der Waals surface area contributed by atoms with Gasteiger partial charge in [-0.2, -0.15) is 26.3 Å². The van der Waals surface area contributed by atoms with Crippen LogP contribution in [0.1, 0.15) is 11.1 Å². The van der Waals surface area contributed by atoms with E-state index in [1.54, 1.807) is 5.32 Å². The topological polar surface area (TPSA) is 38.3 Å². The van der Waals surface area contributed by atoms with E-state index in [-0.39, 0.29) is 11.3 Å². The van der Waals surface area contributed by atoms with E-state index >= 15 is 0 Å². The minimum atomic E-state index is -4.71. The van der Waals surface area contributed by atoms with E-state index < -0.39 is 30.6 Å². The summed E-state index contributed by atoms with van der Waals surface area (Å²) in [4.78, 5) is 11.0. The molecule has 0 bridgehead atoms. The van der Waals surface area contributed by atoms with Crippen molar-refractivity contribution in [1.29, 1.82) is 0 Å². The van der Waals surface area contributed by atoms with Gasteiger partial charge in [0.05, 0.1) is 5.56 Å². The van der Waals surface area contributed by atoms with E-state index in [0.717, 1.165) is 12.1 Å². The van der Waals surface area contributed by atoms with E-state index in [1.165, 1.54) is 6.92 Å².